The largest absolute Gasteiger partial charge is 0.460 e. The molecule has 0 bridgehead atoms. The number of hydrogen-bond donors (Lipinski definition) is 1. The normalized spacial score (nSPS) is 14.2. The maximum Gasteiger partial charge on any atom is 0.407 e. The van der Waals surface area contributed by atoms with Crippen LogP contribution in [-0.2, 0) is 23.8 Å². The number of alkyl carbamates (subject to hydrolysis) is 1. The van der Waals surface area contributed by atoms with E-state index in [9.17, 15) is 14.4 Å². The summed E-state index contributed by atoms with van der Waals surface area (Å²) in [7, 11) is 0. The molecule has 1 aliphatic carbocycles. The molecular formula is C30H37NO6. The van der Waals surface area contributed by atoms with Crippen LogP contribution in [0.15, 0.2) is 61.2 Å². The highest BCUT2D eigenvalue weighted by Crippen LogP contribution is 2.44. The Kier molecular flexibility index (Phi) is 9.14. The number of esters is 2. The molecule has 0 fully saturated rings. The first-order valence-corrected chi connectivity index (χ1v) is 12.7. The predicted molar refractivity (Wildman–Crippen MR) is 142 cm³/mol. The lowest BCUT2D eigenvalue weighted by molar-refractivity contribution is -0.158. The van der Waals surface area contributed by atoms with Crippen LogP contribution < -0.4 is 5.32 Å². The molecular weight excluding hydrogens is 470 g/mol. The number of nitrogens with one attached hydrogen (secondary N) is 1. The highest BCUT2D eigenvalue weighted by atomic mass is 16.6. The van der Waals surface area contributed by atoms with Gasteiger partial charge >= 0.3 is 18.0 Å². The van der Waals surface area contributed by atoms with Crippen molar-refractivity contribution in [2.24, 2.45) is 5.92 Å². The average Bonchev–Trinajstić information content (AvgIpc) is 3.16. The van der Waals surface area contributed by atoms with Crippen LogP contribution in [0, 0.1) is 5.92 Å². The standard InChI is InChI=1S/C30H37NO6/c1-7-20(16-17-26(32)37-30(4,5)6)36-28(33)27(19(2)3)31-29(34)35-18-25-23-14-10-8-12-21(23)22-13-9-11-15-24(22)25/h7-15,19-20,25,27H,1,16-18H2,2-6H3,(H,31,34)/t20-,27-/m0/s1. The molecule has 2 atom stereocenters. The Labute approximate surface area is 219 Å². The molecule has 1 N–H and O–H groups in total. The molecule has 198 valence electrons. The van der Waals surface area contributed by atoms with E-state index >= 15 is 0 Å². The molecule has 2 aromatic rings. The van der Waals surface area contributed by atoms with Crippen molar-refractivity contribution in [2.45, 2.75) is 71.1 Å². The lowest BCUT2D eigenvalue weighted by Crippen LogP contribution is -2.46. The summed E-state index contributed by atoms with van der Waals surface area (Å²) in [5.74, 6) is -1.32. The van der Waals surface area contributed by atoms with Crippen molar-refractivity contribution in [3.63, 3.8) is 0 Å². The van der Waals surface area contributed by atoms with Crippen molar-refractivity contribution in [1.82, 2.24) is 5.32 Å². The van der Waals surface area contributed by atoms with Gasteiger partial charge in [-0.3, -0.25) is 4.79 Å². The Morgan fingerprint density at radius 1 is 1.00 bits per heavy atom. The van der Waals surface area contributed by atoms with Crippen LogP contribution >= 0.6 is 0 Å². The van der Waals surface area contributed by atoms with Gasteiger partial charge in [-0.2, -0.15) is 0 Å². The van der Waals surface area contributed by atoms with Crippen molar-refractivity contribution in [1.29, 1.82) is 0 Å². The van der Waals surface area contributed by atoms with E-state index in [0.717, 1.165) is 22.3 Å². The third-order valence-corrected chi connectivity index (χ3v) is 6.12. The summed E-state index contributed by atoms with van der Waals surface area (Å²) >= 11 is 0. The molecule has 3 rings (SSSR count). The Hall–Kier alpha value is -3.61. The average molecular weight is 508 g/mol. The molecule has 0 aromatic heterocycles. The fraction of sp³-hybridized carbons (Fsp3) is 0.433. The van der Waals surface area contributed by atoms with E-state index in [0.29, 0.717) is 0 Å². The molecule has 0 radical (unpaired) electrons. The molecule has 0 heterocycles. The molecule has 0 spiro atoms. The van der Waals surface area contributed by atoms with Crippen molar-refractivity contribution < 1.29 is 28.6 Å². The molecule has 7 nitrogen and oxygen atoms in total. The summed E-state index contributed by atoms with van der Waals surface area (Å²) in [5.41, 5.74) is 3.90. The lowest BCUT2D eigenvalue weighted by Gasteiger charge is -2.24. The Balaban J connectivity index is 1.57. The number of carbonyl (C=O) groups is 3. The number of fused-ring (bicyclic) bond motifs is 3. The molecule has 2 aromatic carbocycles. The van der Waals surface area contributed by atoms with E-state index < -0.39 is 29.8 Å². The summed E-state index contributed by atoms with van der Waals surface area (Å²) in [5, 5.41) is 2.65. The zero-order valence-electron chi connectivity index (χ0n) is 22.3. The van der Waals surface area contributed by atoms with Gasteiger partial charge in [0.1, 0.15) is 24.4 Å². The molecule has 1 amide bonds. The van der Waals surface area contributed by atoms with Gasteiger partial charge in [-0.05, 0) is 55.4 Å². The molecule has 0 saturated heterocycles. The van der Waals surface area contributed by atoms with Gasteiger partial charge in [-0.15, -0.1) is 0 Å². The van der Waals surface area contributed by atoms with E-state index in [1.807, 2.05) is 36.4 Å². The second-order valence-electron chi connectivity index (χ2n) is 10.5. The zero-order valence-corrected chi connectivity index (χ0v) is 22.3. The van der Waals surface area contributed by atoms with Gasteiger partial charge in [0.25, 0.3) is 0 Å². The minimum atomic E-state index is -0.917. The highest BCUT2D eigenvalue weighted by molar-refractivity contribution is 5.82. The van der Waals surface area contributed by atoms with Crippen molar-refractivity contribution in [3.8, 4) is 11.1 Å². The monoisotopic (exact) mass is 507 g/mol. The molecule has 7 heteroatoms. The van der Waals surface area contributed by atoms with Crippen LogP contribution in [0.3, 0.4) is 0 Å². The highest BCUT2D eigenvalue weighted by Gasteiger charge is 2.31. The van der Waals surface area contributed by atoms with Gasteiger partial charge in [0.05, 0.1) is 0 Å². The van der Waals surface area contributed by atoms with Crippen molar-refractivity contribution in [3.05, 3.63) is 72.3 Å². The second kappa shape index (κ2) is 12.1. The zero-order chi connectivity index (χ0) is 27.2. The Bertz CT molecular complexity index is 1090. The number of carbonyl (C=O) groups excluding carboxylic acids is 3. The van der Waals surface area contributed by atoms with Crippen LogP contribution in [0.2, 0.25) is 0 Å². The number of amides is 1. The van der Waals surface area contributed by atoms with Gasteiger partial charge < -0.3 is 19.5 Å². The summed E-state index contributed by atoms with van der Waals surface area (Å²) in [4.78, 5) is 37.6. The summed E-state index contributed by atoms with van der Waals surface area (Å²) in [6.45, 7) is 12.8. The van der Waals surface area contributed by atoms with E-state index in [1.165, 1.54) is 6.08 Å². The minimum absolute atomic E-state index is 0.0768. The molecule has 37 heavy (non-hydrogen) atoms. The van der Waals surface area contributed by atoms with Crippen LogP contribution in [0.1, 0.15) is 64.5 Å². The maximum atomic E-state index is 12.9. The smallest absolute Gasteiger partial charge is 0.407 e. The van der Waals surface area contributed by atoms with Crippen molar-refractivity contribution in [2.75, 3.05) is 6.61 Å². The fourth-order valence-corrected chi connectivity index (χ4v) is 4.36. The molecule has 0 aliphatic heterocycles. The van der Waals surface area contributed by atoms with Gasteiger partial charge in [0.15, 0.2) is 0 Å². The first kappa shape index (κ1) is 28.0. The van der Waals surface area contributed by atoms with Crippen LogP contribution in [0.25, 0.3) is 11.1 Å². The van der Waals surface area contributed by atoms with E-state index in [1.54, 1.807) is 34.6 Å². The quantitative estimate of drug-likeness (QED) is 0.249. The lowest BCUT2D eigenvalue weighted by atomic mass is 9.98. The van der Waals surface area contributed by atoms with Crippen LogP contribution in [-0.4, -0.2) is 42.4 Å². The molecule has 0 unspecified atom stereocenters. The van der Waals surface area contributed by atoms with E-state index in [-0.39, 0.29) is 37.3 Å². The predicted octanol–water partition coefficient (Wildman–Crippen LogP) is 5.77. The Morgan fingerprint density at radius 2 is 1.57 bits per heavy atom. The van der Waals surface area contributed by atoms with Crippen LogP contribution in [0.5, 0.6) is 0 Å². The van der Waals surface area contributed by atoms with Crippen molar-refractivity contribution >= 4 is 18.0 Å². The van der Waals surface area contributed by atoms with E-state index in [4.69, 9.17) is 14.2 Å². The number of ether oxygens (including phenoxy) is 3. The number of rotatable bonds is 10. The van der Waals surface area contributed by atoms with E-state index in [2.05, 4.69) is 24.0 Å². The van der Waals surface area contributed by atoms with Gasteiger partial charge in [-0.1, -0.05) is 75.0 Å². The SMILES string of the molecule is C=C[C@@H](CCC(=O)OC(C)(C)C)OC(=O)[C@@H](NC(=O)OCC1c2ccccc2-c2ccccc21)C(C)C. The summed E-state index contributed by atoms with van der Waals surface area (Å²) < 4.78 is 16.4. The second-order valence-corrected chi connectivity index (χ2v) is 10.5. The third kappa shape index (κ3) is 7.44. The molecule has 0 saturated carbocycles. The summed E-state index contributed by atoms with van der Waals surface area (Å²) in [6.07, 6.45) is 0.396. The maximum absolute atomic E-state index is 12.9. The molecule has 1 aliphatic rings. The third-order valence-electron chi connectivity index (χ3n) is 6.12. The van der Waals surface area contributed by atoms with Gasteiger partial charge in [0, 0.05) is 12.3 Å². The summed E-state index contributed by atoms with van der Waals surface area (Å²) in [6, 6.07) is 15.2. The first-order chi connectivity index (χ1) is 17.5. The topological polar surface area (TPSA) is 90.9 Å². The van der Waals surface area contributed by atoms with Gasteiger partial charge in [0.2, 0.25) is 0 Å². The Morgan fingerprint density at radius 3 is 2.08 bits per heavy atom. The minimum Gasteiger partial charge on any atom is -0.460 e. The first-order valence-electron chi connectivity index (χ1n) is 12.7. The number of benzene rings is 2. The van der Waals surface area contributed by atoms with Gasteiger partial charge in [-0.25, -0.2) is 9.59 Å². The number of hydrogen-bond acceptors (Lipinski definition) is 6. The van der Waals surface area contributed by atoms with Crippen LogP contribution in [0.4, 0.5) is 4.79 Å². The fourth-order valence-electron chi connectivity index (χ4n) is 4.36.